The van der Waals surface area contributed by atoms with Gasteiger partial charge < -0.3 is 15.3 Å². The number of nitrogens with one attached hydrogen (secondary N) is 1. The largest absolute Gasteiger partial charge is 0.393 e. The average molecular weight is 280 g/mol. The Morgan fingerprint density at radius 2 is 2.00 bits per heavy atom. The van der Waals surface area contributed by atoms with E-state index in [2.05, 4.69) is 35.4 Å². The average Bonchev–Trinajstić information content (AvgIpc) is 2.90. The standard InChI is InChI=1S/C15H28N4O/c1-3-18(4-2)9-10-19-12-14(11-16-19)17-13-5-7-15(20)8-6-13/h11-13,15,17,20H,3-10H2,1-2H3. The molecule has 1 aliphatic rings. The van der Waals surface area contributed by atoms with E-state index in [1.54, 1.807) is 0 Å². The molecule has 1 fully saturated rings. The fraction of sp³-hybridized carbons (Fsp3) is 0.800. The number of aliphatic hydroxyl groups is 1. The number of hydrogen-bond acceptors (Lipinski definition) is 4. The van der Waals surface area contributed by atoms with Crippen LogP contribution in [0.4, 0.5) is 5.69 Å². The van der Waals surface area contributed by atoms with Gasteiger partial charge in [-0.25, -0.2) is 0 Å². The van der Waals surface area contributed by atoms with Crippen LogP contribution in [0.3, 0.4) is 0 Å². The van der Waals surface area contributed by atoms with Gasteiger partial charge in [0.2, 0.25) is 0 Å². The van der Waals surface area contributed by atoms with E-state index in [1.165, 1.54) is 0 Å². The molecule has 0 amide bonds. The van der Waals surface area contributed by atoms with Crippen molar-refractivity contribution in [1.29, 1.82) is 0 Å². The highest BCUT2D eigenvalue weighted by Gasteiger charge is 2.19. The van der Waals surface area contributed by atoms with Crippen molar-refractivity contribution in [3.63, 3.8) is 0 Å². The summed E-state index contributed by atoms with van der Waals surface area (Å²) in [6.45, 7) is 8.55. The SMILES string of the molecule is CCN(CC)CCn1cc(NC2CCC(O)CC2)cn1. The Bertz CT molecular complexity index is 381. The molecule has 0 spiro atoms. The van der Waals surface area contributed by atoms with Crippen LogP contribution in [0.1, 0.15) is 39.5 Å². The monoisotopic (exact) mass is 280 g/mol. The van der Waals surface area contributed by atoms with Crippen LogP contribution < -0.4 is 5.32 Å². The van der Waals surface area contributed by atoms with Gasteiger partial charge in [-0.2, -0.15) is 5.10 Å². The molecule has 20 heavy (non-hydrogen) atoms. The van der Waals surface area contributed by atoms with Crippen LogP contribution in [0.5, 0.6) is 0 Å². The van der Waals surface area contributed by atoms with Gasteiger partial charge in [-0.05, 0) is 38.8 Å². The summed E-state index contributed by atoms with van der Waals surface area (Å²) < 4.78 is 2.01. The second-order valence-corrected chi connectivity index (χ2v) is 5.67. The summed E-state index contributed by atoms with van der Waals surface area (Å²) in [5.41, 5.74) is 1.10. The van der Waals surface area contributed by atoms with Crippen molar-refractivity contribution in [2.75, 3.05) is 25.0 Å². The molecule has 1 heterocycles. The third-order valence-corrected chi connectivity index (χ3v) is 4.24. The van der Waals surface area contributed by atoms with E-state index < -0.39 is 0 Å². The van der Waals surface area contributed by atoms with Gasteiger partial charge in [0.1, 0.15) is 0 Å². The van der Waals surface area contributed by atoms with E-state index in [-0.39, 0.29) is 6.10 Å². The molecule has 5 nitrogen and oxygen atoms in total. The maximum atomic E-state index is 9.52. The molecule has 0 unspecified atom stereocenters. The molecule has 0 radical (unpaired) electrons. The molecular formula is C15H28N4O. The fourth-order valence-corrected chi connectivity index (χ4v) is 2.80. The van der Waals surface area contributed by atoms with Crippen molar-refractivity contribution in [1.82, 2.24) is 14.7 Å². The third-order valence-electron chi connectivity index (χ3n) is 4.24. The van der Waals surface area contributed by atoms with Crippen molar-refractivity contribution in [2.24, 2.45) is 0 Å². The minimum atomic E-state index is -0.0927. The smallest absolute Gasteiger partial charge is 0.0728 e. The van der Waals surface area contributed by atoms with Crippen LogP contribution in [0, 0.1) is 0 Å². The molecule has 1 saturated carbocycles. The van der Waals surface area contributed by atoms with Crippen LogP contribution in [0.2, 0.25) is 0 Å². The zero-order chi connectivity index (χ0) is 14.4. The Hall–Kier alpha value is -1.07. The van der Waals surface area contributed by atoms with E-state index in [9.17, 15) is 5.11 Å². The molecule has 114 valence electrons. The van der Waals surface area contributed by atoms with Crippen LogP contribution in [0.25, 0.3) is 0 Å². The minimum Gasteiger partial charge on any atom is -0.393 e. The molecule has 0 aromatic carbocycles. The van der Waals surface area contributed by atoms with Gasteiger partial charge in [0.05, 0.1) is 24.5 Å². The molecule has 0 bridgehead atoms. The number of anilines is 1. The molecule has 0 atom stereocenters. The molecular weight excluding hydrogens is 252 g/mol. The molecule has 5 heteroatoms. The molecule has 2 N–H and O–H groups in total. The van der Waals surface area contributed by atoms with Crippen molar-refractivity contribution in [2.45, 2.75) is 58.2 Å². The molecule has 0 saturated heterocycles. The molecule has 0 aliphatic heterocycles. The van der Waals surface area contributed by atoms with E-state index >= 15 is 0 Å². The predicted octanol–water partition coefficient (Wildman–Crippen LogP) is 1.94. The molecule has 1 aromatic rings. The van der Waals surface area contributed by atoms with E-state index in [1.807, 2.05) is 10.9 Å². The summed E-state index contributed by atoms with van der Waals surface area (Å²) >= 11 is 0. The van der Waals surface area contributed by atoms with Gasteiger partial charge in [-0.1, -0.05) is 13.8 Å². The Morgan fingerprint density at radius 3 is 2.65 bits per heavy atom. The first-order chi connectivity index (χ1) is 9.71. The highest BCUT2D eigenvalue weighted by Crippen LogP contribution is 2.21. The number of aliphatic hydroxyl groups excluding tert-OH is 1. The summed E-state index contributed by atoms with van der Waals surface area (Å²) in [5.74, 6) is 0. The minimum absolute atomic E-state index is 0.0927. The summed E-state index contributed by atoms with van der Waals surface area (Å²) in [6.07, 6.45) is 7.82. The van der Waals surface area contributed by atoms with Crippen molar-refractivity contribution >= 4 is 5.69 Å². The topological polar surface area (TPSA) is 53.3 Å². The quantitative estimate of drug-likeness (QED) is 0.801. The highest BCUT2D eigenvalue weighted by molar-refractivity contribution is 5.39. The predicted molar refractivity (Wildman–Crippen MR) is 81.9 cm³/mol. The zero-order valence-electron chi connectivity index (χ0n) is 12.8. The Kier molecular flexibility index (Phi) is 5.86. The summed E-state index contributed by atoms with van der Waals surface area (Å²) in [5, 5.41) is 17.5. The molecule has 1 aliphatic carbocycles. The maximum Gasteiger partial charge on any atom is 0.0728 e. The van der Waals surface area contributed by atoms with Crippen LogP contribution in [-0.2, 0) is 6.54 Å². The normalized spacial score (nSPS) is 23.2. The van der Waals surface area contributed by atoms with E-state index in [4.69, 9.17) is 0 Å². The lowest BCUT2D eigenvalue weighted by molar-refractivity contribution is 0.126. The van der Waals surface area contributed by atoms with Gasteiger partial charge in [0.25, 0.3) is 0 Å². The number of likely N-dealkylation sites (N-methyl/N-ethyl adjacent to an activating group) is 1. The van der Waals surface area contributed by atoms with Crippen molar-refractivity contribution < 1.29 is 5.11 Å². The van der Waals surface area contributed by atoms with Gasteiger partial charge in [-0.3, -0.25) is 4.68 Å². The van der Waals surface area contributed by atoms with Crippen LogP contribution in [0.15, 0.2) is 12.4 Å². The summed E-state index contributed by atoms with van der Waals surface area (Å²) in [7, 11) is 0. The second kappa shape index (κ2) is 7.64. The lowest BCUT2D eigenvalue weighted by Crippen LogP contribution is -2.28. The van der Waals surface area contributed by atoms with Crippen LogP contribution in [-0.4, -0.2) is 51.6 Å². The Balaban J connectivity index is 1.77. The lowest BCUT2D eigenvalue weighted by Gasteiger charge is -2.26. The summed E-state index contributed by atoms with van der Waals surface area (Å²) in [4.78, 5) is 2.40. The first kappa shape index (κ1) is 15.3. The van der Waals surface area contributed by atoms with Gasteiger partial charge in [-0.15, -0.1) is 0 Å². The van der Waals surface area contributed by atoms with Crippen molar-refractivity contribution in [3.05, 3.63) is 12.4 Å². The first-order valence-corrected chi connectivity index (χ1v) is 7.90. The molecule has 1 aromatic heterocycles. The second-order valence-electron chi connectivity index (χ2n) is 5.67. The lowest BCUT2D eigenvalue weighted by atomic mass is 9.93. The van der Waals surface area contributed by atoms with Gasteiger partial charge >= 0.3 is 0 Å². The zero-order valence-corrected chi connectivity index (χ0v) is 12.8. The van der Waals surface area contributed by atoms with Gasteiger partial charge in [0, 0.05) is 18.8 Å². The number of hydrogen-bond donors (Lipinski definition) is 2. The van der Waals surface area contributed by atoms with E-state index in [0.29, 0.717) is 6.04 Å². The Morgan fingerprint density at radius 1 is 1.30 bits per heavy atom. The molecule has 2 rings (SSSR count). The number of rotatable bonds is 7. The summed E-state index contributed by atoms with van der Waals surface area (Å²) in [6, 6.07) is 0.485. The van der Waals surface area contributed by atoms with Crippen LogP contribution >= 0.6 is 0 Å². The Labute approximate surface area is 122 Å². The van der Waals surface area contributed by atoms with Gasteiger partial charge in [0.15, 0.2) is 0 Å². The number of nitrogens with zero attached hydrogens (tertiary/aromatic N) is 3. The third kappa shape index (κ3) is 4.49. The maximum absolute atomic E-state index is 9.52. The first-order valence-electron chi connectivity index (χ1n) is 7.90. The highest BCUT2D eigenvalue weighted by atomic mass is 16.3. The van der Waals surface area contributed by atoms with E-state index in [0.717, 1.165) is 57.5 Å². The fourth-order valence-electron chi connectivity index (χ4n) is 2.80. The number of aromatic nitrogens is 2. The van der Waals surface area contributed by atoms with Crippen molar-refractivity contribution in [3.8, 4) is 0 Å².